The molecule has 24 heavy (non-hydrogen) atoms. The van der Waals surface area contributed by atoms with Crippen LogP contribution in [0.3, 0.4) is 0 Å². The summed E-state index contributed by atoms with van der Waals surface area (Å²) in [7, 11) is 1.73. The van der Waals surface area contributed by atoms with E-state index >= 15 is 0 Å². The van der Waals surface area contributed by atoms with E-state index in [2.05, 4.69) is 10.6 Å². The minimum absolute atomic E-state index is 0.0878. The van der Waals surface area contributed by atoms with Crippen LogP contribution in [0.2, 0.25) is 5.02 Å². The molecule has 0 aromatic heterocycles. The summed E-state index contributed by atoms with van der Waals surface area (Å²) in [5, 5.41) is 5.92. The van der Waals surface area contributed by atoms with Gasteiger partial charge in [-0.15, -0.1) is 0 Å². The fourth-order valence-corrected chi connectivity index (χ4v) is 2.25. The lowest BCUT2D eigenvalue weighted by Crippen LogP contribution is -3.11. The third kappa shape index (κ3) is 5.98. The van der Waals surface area contributed by atoms with Gasteiger partial charge in [0.1, 0.15) is 5.82 Å². The first-order valence-electron chi connectivity index (χ1n) is 7.34. The molecule has 126 valence electrons. The first kappa shape index (κ1) is 17.9. The van der Waals surface area contributed by atoms with Gasteiger partial charge in [0.25, 0.3) is 11.8 Å². The van der Waals surface area contributed by atoms with Crippen molar-refractivity contribution in [2.24, 2.45) is 0 Å². The van der Waals surface area contributed by atoms with Crippen LogP contribution in [0.4, 0.5) is 15.8 Å². The number of hydrogen-bond acceptors (Lipinski definition) is 2. The van der Waals surface area contributed by atoms with Crippen molar-refractivity contribution in [1.29, 1.82) is 0 Å². The summed E-state index contributed by atoms with van der Waals surface area (Å²) >= 11 is 5.78. The van der Waals surface area contributed by atoms with E-state index in [0.29, 0.717) is 21.3 Å². The highest BCUT2D eigenvalue weighted by atomic mass is 35.5. The largest absolute Gasteiger partial charge is 0.322 e. The fourth-order valence-electron chi connectivity index (χ4n) is 2.12. The normalized spacial score (nSPS) is 11.6. The Balaban J connectivity index is 1.79. The van der Waals surface area contributed by atoms with Gasteiger partial charge in [-0.1, -0.05) is 17.7 Å². The van der Waals surface area contributed by atoms with Gasteiger partial charge in [-0.3, -0.25) is 9.59 Å². The third-order valence-corrected chi connectivity index (χ3v) is 3.41. The number of halogens is 2. The van der Waals surface area contributed by atoms with E-state index in [0.717, 1.165) is 0 Å². The number of benzene rings is 2. The number of quaternary nitrogens is 1. The lowest BCUT2D eigenvalue weighted by molar-refractivity contribution is -0.862. The maximum Gasteiger partial charge on any atom is 0.279 e. The van der Waals surface area contributed by atoms with Gasteiger partial charge in [-0.2, -0.15) is 0 Å². The van der Waals surface area contributed by atoms with Crippen LogP contribution in [0, 0.1) is 5.82 Å². The molecule has 2 amide bonds. The molecule has 0 fully saturated rings. The molecule has 0 radical (unpaired) electrons. The Bertz CT molecular complexity index is 722. The predicted molar refractivity (Wildman–Crippen MR) is 91.7 cm³/mol. The van der Waals surface area contributed by atoms with Crippen molar-refractivity contribution in [3.05, 3.63) is 59.4 Å². The smallest absolute Gasteiger partial charge is 0.279 e. The Morgan fingerprint density at radius 1 is 1.00 bits per heavy atom. The second-order valence-corrected chi connectivity index (χ2v) is 5.86. The number of nitrogens with one attached hydrogen (secondary N) is 3. The number of amides is 2. The second kappa shape index (κ2) is 8.42. The van der Waals surface area contributed by atoms with Crippen molar-refractivity contribution in [3.8, 4) is 0 Å². The van der Waals surface area contributed by atoms with Crippen molar-refractivity contribution in [2.45, 2.75) is 0 Å². The Morgan fingerprint density at radius 2 is 1.58 bits per heavy atom. The molecule has 1 atom stereocenters. The van der Waals surface area contributed by atoms with Crippen molar-refractivity contribution in [3.63, 3.8) is 0 Å². The number of likely N-dealkylation sites (N-methyl/N-ethyl adjacent to an activating group) is 1. The van der Waals surface area contributed by atoms with E-state index in [1.165, 1.54) is 18.2 Å². The van der Waals surface area contributed by atoms with E-state index in [9.17, 15) is 14.0 Å². The van der Waals surface area contributed by atoms with Crippen molar-refractivity contribution >= 4 is 34.8 Å². The van der Waals surface area contributed by atoms with Crippen LogP contribution in [-0.4, -0.2) is 32.0 Å². The minimum Gasteiger partial charge on any atom is -0.322 e. The molecule has 0 saturated heterocycles. The standard InChI is InChI=1S/C17H17ClFN3O2/c1-22(10-16(23)20-14-7-5-12(18)6-8-14)11-17(24)21-15-4-2-3-13(19)9-15/h2-9H,10-11H2,1H3,(H,20,23)(H,21,24)/p+1. The highest BCUT2D eigenvalue weighted by Crippen LogP contribution is 2.13. The zero-order chi connectivity index (χ0) is 17.5. The maximum absolute atomic E-state index is 13.1. The molecule has 1 unspecified atom stereocenters. The van der Waals surface area contributed by atoms with E-state index in [-0.39, 0.29) is 24.9 Å². The van der Waals surface area contributed by atoms with Crippen LogP contribution in [0.25, 0.3) is 0 Å². The number of carbonyl (C=O) groups excluding carboxylic acids is 2. The van der Waals surface area contributed by atoms with E-state index in [1.807, 2.05) is 0 Å². The quantitative estimate of drug-likeness (QED) is 0.740. The third-order valence-electron chi connectivity index (χ3n) is 3.16. The Morgan fingerprint density at radius 3 is 2.17 bits per heavy atom. The fraction of sp³-hybridized carbons (Fsp3) is 0.176. The highest BCUT2D eigenvalue weighted by Gasteiger charge is 2.14. The van der Waals surface area contributed by atoms with Gasteiger partial charge in [0.15, 0.2) is 13.1 Å². The molecule has 0 aliphatic heterocycles. The Kier molecular flexibility index (Phi) is 6.28. The molecule has 0 aliphatic rings. The van der Waals surface area contributed by atoms with Crippen molar-refractivity contribution in [1.82, 2.24) is 0 Å². The first-order valence-corrected chi connectivity index (χ1v) is 7.72. The molecule has 2 aromatic carbocycles. The molecule has 0 spiro atoms. The van der Waals surface area contributed by atoms with Gasteiger partial charge in [-0.25, -0.2) is 4.39 Å². The zero-order valence-corrected chi connectivity index (χ0v) is 13.9. The van der Waals surface area contributed by atoms with E-state index in [4.69, 9.17) is 11.6 Å². The molecule has 0 aliphatic carbocycles. The lowest BCUT2D eigenvalue weighted by Gasteiger charge is -2.14. The molecule has 2 rings (SSSR count). The molecule has 0 saturated carbocycles. The SMILES string of the molecule is C[NH+](CC(=O)Nc1ccc(Cl)cc1)CC(=O)Nc1cccc(F)c1. The summed E-state index contributed by atoms with van der Waals surface area (Å²) in [5.74, 6) is -0.929. The molecule has 5 nitrogen and oxygen atoms in total. The number of rotatable bonds is 6. The maximum atomic E-state index is 13.1. The van der Waals surface area contributed by atoms with Gasteiger partial charge in [-0.05, 0) is 42.5 Å². The second-order valence-electron chi connectivity index (χ2n) is 5.42. The van der Waals surface area contributed by atoms with Gasteiger partial charge in [0.2, 0.25) is 0 Å². The molecule has 2 aromatic rings. The van der Waals surface area contributed by atoms with Gasteiger partial charge < -0.3 is 15.5 Å². The molecule has 7 heteroatoms. The Labute approximate surface area is 144 Å². The van der Waals surface area contributed by atoms with Crippen LogP contribution in [0.15, 0.2) is 48.5 Å². The van der Waals surface area contributed by atoms with Crippen LogP contribution < -0.4 is 15.5 Å². The molecular weight excluding hydrogens is 333 g/mol. The number of carbonyl (C=O) groups is 2. The van der Waals surface area contributed by atoms with Crippen molar-refractivity contribution in [2.75, 3.05) is 30.8 Å². The van der Waals surface area contributed by atoms with E-state index < -0.39 is 5.82 Å². The average molecular weight is 351 g/mol. The van der Waals surface area contributed by atoms with Gasteiger partial charge in [0.05, 0.1) is 7.05 Å². The number of hydrogen-bond donors (Lipinski definition) is 3. The topological polar surface area (TPSA) is 62.6 Å². The average Bonchev–Trinajstić information content (AvgIpc) is 2.49. The summed E-state index contributed by atoms with van der Waals surface area (Å²) in [6, 6.07) is 12.4. The molecular formula is C17H18ClFN3O2+. The molecule has 0 heterocycles. The summed E-state index contributed by atoms with van der Waals surface area (Å²) in [5.41, 5.74) is 1.03. The van der Waals surface area contributed by atoms with Crippen LogP contribution in [-0.2, 0) is 9.59 Å². The summed E-state index contributed by atoms with van der Waals surface area (Å²) < 4.78 is 13.1. The predicted octanol–water partition coefficient (Wildman–Crippen LogP) is 1.57. The highest BCUT2D eigenvalue weighted by molar-refractivity contribution is 6.30. The van der Waals surface area contributed by atoms with E-state index in [1.54, 1.807) is 37.4 Å². The van der Waals surface area contributed by atoms with Crippen LogP contribution >= 0.6 is 11.6 Å². The minimum atomic E-state index is -0.421. The van der Waals surface area contributed by atoms with Crippen LogP contribution in [0.1, 0.15) is 0 Å². The molecule has 3 N–H and O–H groups in total. The van der Waals surface area contributed by atoms with Crippen LogP contribution in [0.5, 0.6) is 0 Å². The van der Waals surface area contributed by atoms with Gasteiger partial charge >= 0.3 is 0 Å². The number of anilines is 2. The zero-order valence-electron chi connectivity index (χ0n) is 13.1. The Hall–Kier alpha value is -2.44. The van der Waals surface area contributed by atoms with Crippen molar-refractivity contribution < 1.29 is 18.9 Å². The summed E-state index contributed by atoms with van der Waals surface area (Å²) in [6.07, 6.45) is 0. The monoisotopic (exact) mass is 350 g/mol. The summed E-state index contributed by atoms with van der Waals surface area (Å²) in [6.45, 7) is 0.212. The lowest BCUT2D eigenvalue weighted by atomic mass is 10.3. The first-order chi connectivity index (χ1) is 11.4. The summed E-state index contributed by atoms with van der Waals surface area (Å²) in [4.78, 5) is 24.6. The van der Waals surface area contributed by atoms with Gasteiger partial charge in [0, 0.05) is 16.4 Å². The molecule has 0 bridgehead atoms.